The van der Waals surface area contributed by atoms with Gasteiger partial charge in [-0.3, -0.25) is 0 Å². The van der Waals surface area contributed by atoms with Crippen LogP contribution in [0.1, 0.15) is 22.6 Å². The molecule has 0 spiro atoms. The van der Waals surface area contributed by atoms with E-state index in [0.29, 0.717) is 5.56 Å². The lowest BCUT2D eigenvalue weighted by Crippen LogP contribution is -2.36. The van der Waals surface area contributed by atoms with Crippen LogP contribution in [0.25, 0.3) is 0 Å². The zero-order valence-electron chi connectivity index (χ0n) is 17.6. The van der Waals surface area contributed by atoms with Crippen molar-refractivity contribution >= 4 is 10.0 Å². The summed E-state index contributed by atoms with van der Waals surface area (Å²) in [6.07, 6.45) is -1.59. The zero-order chi connectivity index (χ0) is 23.8. The lowest BCUT2D eigenvalue weighted by molar-refractivity contribution is -0.137. The van der Waals surface area contributed by atoms with Crippen LogP contribution in [0.3, 0.4) is 0 Å². The first-order valence-electron chi connectivity index (χ1n) is 10.2. The third-order valence-corrected chi connectivity index (χ3v) is 7.44. The van der Waals surface area contributed by atoms with Gasteiger partial charge in [0.25, 0.3) is 10.0 Å². The average Bonchev–Trinajstić information content (AvgIpc) is 3.40. The molecule has 1 aliphatic heterocycles. The second-order valence-electron chi connectivity index (χ2n) is 8.04. The number of alkyl halides is 3. The van der Waals surface area contributed by atoms with Gasteiger partial charge in [0.2, 0.25) is 0 Å². The van der Waals surface area contributed by atoms with Crippen molar-refractivity contribution in [3.63, 3.8) is 0 Å². The molecule has 6 nitrogen and oxygen atoms in total. The Morgan fingerprint density at radius 3 is 2.30 bits per heavy atom. The molecule has 0 saturated carbocycles. The van der Waals surface area contributed by atoms with E-state index in [1.807, 2.05) is 0 Å². The largest absolute Gasteiger partial charge is 0.416 e. The molecular formula is C22H22F4N4O2S. The lowest BCUT2D eigenvalue weighted by atomic mass is 9.94. The van der Waals surface area contributed by atoms with Gasteiger partial charge in [-0.1, -0.05) is 24.3 Å². The third kappa shape index (κ3) is 5.10. The van der Waals surface area contributed by atoms with E-state index in [2.05, 4.69) is 10.3 Å². The van der Waals surface area contributed by atoms with Crippen molar-refractivity contribution in [2.24, 2.45) is 7.05 Å². The summed E-state index contributed by atoms with van der Waals surface area (Å²) in [5.41, 5.74) is 0.663. The van der Waals surface area contributed by atoms with Gasteiger partial charge in [0.15, 0.2) is 5.03 Å². The van der Waals surface area contributed by atoms with Crippen LogP contribution in [-0.2, 0) is 29.8 Å². The molecule has 1 aromatic heterocycles. The zero-order valence-corrected chi connectivity index (χ0v) is 18.4. The second kappa shape index (κ2) is 8.88. The van der Waals surface area contributed by atoms with E-state index in [-0.39, 0.29) is 36.6 Å². The summed E-state index contributed by atoms with van der Waals surface area (Å²) in [5, 5.41) is 3.21. The van der Waals surface area contributed by atoms with Gasteiger partial charge in [-0.05, 0) is 35.4 Å². The molecule has 0 unspecified atom stereocenters. The first-order valence-corrected chi connectivity index (χ1v) is 11.6. The minimum Gasteiger partial charge on any atom is -0.339 e. The molecule has 1 N–H and O–H groups in total. The number of aromatic nitrogens is 2. The van der Waals surface area contributed by atoms with Gasteiger partial charge < -0.3 is 9.88 Å². The maximum absolute atomic E-state index is 13.4. The van der Waals surface area contributed by atoms with Gasteiger partial charge in [0.05, 0.1) is 11.9 Å². The van der Waals surface area contributed by atoms with E-state index in [4.69, 9.17) is 0 Å². The van der Waals surface area contributed by atoms with E-state index < -0.39 is 27.6 Å². The molecule has 11 heteroatoms. The van der Waals surface area contributed by atoms with Gasteiger partial charge >= 0.3 is 6.18 Å². The average molecular weight is 483 g/mol. The fourth-order valence-corrected chi connectivity index (χ4v) is 5.39. The molecule has 0 radical (unpaired) electrons. The van der Waals surface area contributed by atoms with Crippen LogP contribution >= 0.6 is 0 Å². The lowest BCUT2D eigenvalue weighted by Gasteiger charge is -2.20. The number of hydrogen-bond acceptors (Lipinski definition) is 4. The Balaban J connectivity index is 1.55. The van der Waals surface area contributed by atoms with Crippen LogP contribution in [0.5, 0.6) is 0 Å². The summed E-state index contributed by atoms with van der Waals surface area (Å²) in [4.78, 5) is 3.96. The van der Waals surface area contributed by atoms with Gasteiger partial charge in [-0.15, -0.1) is 0 Å². The Morgan fingerprint density at radius 2 is 1.73 bits per heavy atom. The molecule has 0 aliphatic carbocycles. The van der Waals surface area contributed by atoms with E-state index in [1.54, 1.807) is 23.7 Å². The van der Waals surface area contributed by atoms with Crippen LogP contribution < -0.4 is 5.32 Å². The number of rotatable bonds is 6. The summed E-state index contributed by atoms with van der Waals surface area (Å²) in [6.45, 7) is 0.550. The van der Waals surface area contributed by atoms with Crippen LogP contribution in [-0.4, -0.2) is 41.4 Å². The highest BCUT2D eigenvalue weighted by Gasteiger charge is 2.40. The van der Waals surface area contributed by atoms with Crippen LogP contribution in [0.2, 0.25) is 0 Å². The number of aryl methyl sites for hydroxylation is 1. The highest BCUT2D eigenvalue weighted by molar-refractivity contribution is 7.89. The number of halogens is 4. The SMILES string of the molecule is Cn1cnc(S(=O)(=O)N2C[C@@H](NCc3ccc(C(F)(F)F)cc3)[C@H](c3ccc(F)cc3)C2)c1. The molecule has 176 valence electrons. The molecule has 4 rings (SSSR count). The molecule has 3 aromatic rings. The predicted molar refractivity (Wildman–Crippen MR) is 113 cm³/mol. The van der Waals surface area contributed by atoms with Crippen LogP contribution in [0.15, 0.2) is 66.1 Å². The number of benzene rings is 2. The van der Waals surface area contributed by atoms with Crippen molar-refractivity contribution in [2.45, 2.75) is 29.7 Å². The molecule has 1 saturated heterocycles. The Labute approximate surface area is 188 Å². The number of nitrogens with zero attached hydrogens (tertiary/aromatic N) is 3. The quantitative estimate of drug-likeness (QED) is 0.546. The summed E-state index contributed by atoms with van der Waals surface area (Å²) in [5.74, 6) is -0.678. The summed E-state index contributed by atoms with van der Waals surface area (Å²) in [6, 6.07) is 10.3. The van der Waals surface area contributed by atoms with Gasteiger partial charge in [-0.25, -0.2) is 17.8 Å². The monoisotopic (exact) mass is 482 g/mol. The number of nitrogens with one attached hydrogen (secondary N) is 1. The summed E-state index contributed by atoms with van der Waals surface area (Å²) >= 11 is 0. The van der Waals surface area contributed by atoms with Crippen molar-refractivity contribution in [2.75, 3.05) is 13.1 Å². The maximum Gasteiger partial charge on any atom is 0.416 e. The molecule has 1 fully saturated rings. The number of sulfonamides is 1. The van der Waals surface area contributed by atoms with E-state index in [1.165, 1.54) is 41.1 Å². The van der Waals surface area contributed by atoms with Crippen molar-refractivity contribution < 1.29 is 26.0 Å². The standard InChI is InChI=1S/C22H22F4N4O2S/c1-29-13-21(28-14-29)33(31,32)30-11-19(16-4-8-18(23)9-5-16)20(12-30)27-10-15-2-6-17(7-3-15)22(24,25)26/h2-9,13-14,19-20,27H,10-12H2,1H3/t19-,20+/m0/s1. The van der Waals surface area contributed by atoms with Crippen molar-refractivity contribution in [3.05, 3.63) is 83.6 Å². The van der Waals surface area contributed by atoms with Crippen LogP contribution in [0.4, 0.5) is 17.6 Å². The Hall–Kier alpha value is -2.76. The van der Waals surface area contributed by atoms with Crippen molar-refractivity contribution in [1.29, 1.82) is 0 Å². The fourth-order valence-electron chi connectivity index (χ4n) is 3.93. The Bertz CT molecular complexity index is 1210. The van der Waals surface area contributed by atoms with E-state index in [9.17, 15) is 26.0 Å². The van der Waals surface area contributed by atoms with Crippen LogP contribution in [0, 0.1) is 5.82 Å². The highest BCUT2D eigenvalue weighted by atomic mass is 32.2. The smallest absolute Gasteiger partial charge is 0.339 e. The molecule has 1 aliphatic rings. The number of hydrogen-bond donors (Lipinski definition) is 1. The molecule has 33 heavy (non-hydrogen) atoms. The first-order chi connectivity index (χ1) is 15.5. The van der Waals surface area contributed by atoms with Gasteiger partial charge in [-0.2, -0.15) is 17.5 Å². The topological polar surface area (TPSA) is 67.2 Å². The minimum absolute atomic E-state index is 0.0637. The molecule has 0 bridgehead atoms. The van der Waals surface area contributed by atoms with E-state index >= 15 is 0 Å². The minimum atomic E-state index is -4.41. The second-order valence-corrected chi connectivity index (χ2v) is 9.92. The molecular weight excluding hydrogens is 460 g/mol. The molecule has 0 amide bonds. The summed E-state index contributed by atoms with van der Waals surface area (Å²) < 4.78 is 80.9. The third-order valence-electron chi connectivity index (χ3n) is 5.72. The van der Waals surface area contributed by atoms with Crippen molar-refractivity contribution in [1.82, 2.24) is 19.2 Å². The summed E-state index contributed by atoms with van der Waals surface area (Å²) in [7, 11) is -2.17. The van der Waals surface area contributed by atoms with Crippen molar-refractivity contribution in [3.8, 4) is 0 Å². The number of imidazole rings is 1. The predicted octanol–water partition coefficient (Wildman–Crippen LogP) is 3.52. The molecule has 2 aromatic carbocycles. The fraction of sp³-hybridized carbons (Fsp3) is 0.318. The Kier molecular flexibility index (Phi) is 6.30. The molecule has 2 atom stereocenters. The normalized spacial score (nSPS) is 19.8. The maximum atomic E-state index is 13.4. The molecule has 2 heterocycles. The van der Waals surface area contributed by atoms with Gasteiger partial charge in [0.1, 0.15) is 5.82 Å². The van der Waals surface area contributed by atoms with Gasteiger partial charge in [0, 0.05) is 44.8 Å². The first kappa shape index (κ1) is 23.4. The van der Waals surface area contributed by atoms with E-state index in [0.717, 1.165) is 17.7 Å². The highest BCUT2D eigenvalue weighted by Crippen LogP contribution is 2.32. The Morgan fingerprint density at radius 1 is 1.06 bits per heavy atom.